The predicted octanol–water partition coefficient (Wildman–Crippen LogP) is 2.59. The van der Waals surface area contributed by atoms with Gasteiger partial charge in [-0.2, -0.15) is 13.2 Å². The van der Waals surface area contributed by atoms with Crippen molar-refractivity contribution in [1.29, 1.82) is 0 Å². The second-order valence-electron chi connectivity index (χ2n) is 4.68. The van der Waals surface area contributed by atoms with Crippen LogP contribution in [0.1, 0.15) is 22.8 Å². The number of rotatable bonds is 4. The first-order valence-electron chi connectivity index (χ1n) is 6.17. The highest BCUT2D eigenvalue weighted by atomic mass is 19.4. The molecule has 0 spiro atoms. The lowest BCUT2D eigenvalue weighted by Gasteiger charge is -2.20. The molecule has 0 saturated heterocycles. The number of ether oxygens (including phenoxy) is 1. The van der Waals surface area contributed by atoms with Crippen molar-refractivity contribution in [2.75, 3.05) is 20.7 Å². The lowest BCUT2D eigenvalue weighted by atomic mass is 10.1. The molecule has 1 amide bonds. The number of benzene rings is 1. The van der Waals surface area contributed by atoms with Crippen LogP contribution in [-0.4, -0.2) is 37.5 Å². The van der Waals surface area contributed by atoms with E-state index in [1.807, 2.05) is 0 Å². The van der Waals surface area contributed by atoms with E-state index in [1.165, 1.54) is 19.1 Å². The van der Waals surface area contributed by atoms with Crippen LogP contribution >= 0.6 is 0 Å². The summed E-state index contributed by atoms with van der Waals surface area (Å²) in [4.78, 5) is 24.6. The van der Waals surface area contributed by atoms with Gasteiger partial charge in [0.25, 0.3) is 5.91 Å². The highest BCUT2D eigenvalue weighted by Gasteiger charge is 2.30. The molecule has 116 valence electrons. The minimum Gasteiger partial charge on any atom is -0.469 e. The van der Waals surface area contributed by atoms with Crippen molar-refractivity contribution in [3.8, 4) is 0 Å². The molecule has 0 aliphatic heterocycles. The number of hydrogen-bond acceptors (Lipinski definition) is 3. The smallest absolute Gasteiger partial charge is 0.416 e. The van der Waals surface area contributed by atoms with E-state index in [2.05, 4.69) is 4.74 Å². The lowest BCUT2D eigenvalue weighted by molar-refractivity contribution is -0.145. The highest BCUT2D eigenvalue weighted by molar-refractivity contribution is 5.94. The summed E-state index contributed by atoms with van der Waals surface area (Å²) in [6.45, 7) is 1.72. The van der Waals surface area contributed by atoms with Gasteiger partial charge in [-0.15, -0.1) is 0 Å². The third kappa shape index (κ3) is 4.47. The third-order valence-corrected chi connectivity index (χ3v) is 2.96. The molecule has 1 aromatic carbocycles. The van der Waals surface area contributed by atoms with E-state index in [0.717, 1.165) is 24.3 Å². The van der Waals surface area contributed by atoms with Gasteiger partial charge in [0.2, 0.25) is 0 Å². The number of alkyl halides is 3. The number of amides is 1. The summed E-state index contributed by atoms with van der Waals surface area (Å²) in [5, 5.41) is 0. The zero-order chi connectivity index (χ0) is 16.2. The van der Waals surface area contributed by atoms with Crippen LogP contribution in [0.4, 0.5) is 13.2 Å². The Morgan fingerprint density at radius 1 is 1.24 bits per heavy atom. The molecule has 0 aliphatic carbocycles. The van der Waals surface area contributed by atoms with Crippen molar-refractivity contribution in [2.45, 2.75) is 13.1 Å². The van der Waals surface area contributed by atoms with E-state index < -0.39 is 29.5 Å². The van der Waals surface area contributed by atoms with Crippen LogP contribution in [0.25, 0.3) is 0 Å². The van der Waals surface area contributed by atoms with Crippen LogP contribution in [0.15, 0.2) is 24.3 Å². The van der Waals surface area contributed by atoms with Crippen LogP contribution < -0.4 is 0 Å². The fraction of sp³-hybridized carbons (Fsp3) is 0.429. The van der Waals surface area contributed by atoms with Crippen LogP contribution in [0.5, 0.6) is 0 Å². The monoisotopic (exact) mass is 303 g/mol. The maximum Gasteiger partial charge on any atom is 0.416 e. The molecule has 0 fully saturated rings. The van der Waals surface area contributed by atoms with Gasteiger partial charge in [0.1, 0.15) is 0 Å². The van der Waals surface area contributed by atoms with Gasteiger partial charge in [-0.1, -0.05) is 6.92 Å². The average molecular weight is 303 g/mol. The molecule has 0 aromatic heterocycles. The molecular formula is C14H16F3NO3. The van der Waals surface area contributed by atoms with Crippen molar-refractivity contribution in [2.24, 2.45) is 5.92 Å². The zero-order valence-electron chi connectivity index (χ0n) is 11.9. The summed E-state index contributed by atoms with van der Waals surface area (Å²) in [7, 11) is 2.72. The summed E-state index contributed by atoms with van der Waals surface area (Å²) < 4.78 is 41.8. The second kappa shape index (κ2) is 6.60. The average Bonchev–Trinajstić information content (AvgIpc) is 2.44. The minimum atomic E-state index is -4.44. The summed E-state index contributed by atoms with van der Waals surface area (Å²) in [5.74, 6) is -1.43. The molecule has 0 bridgehead atoms. The summed E-state index contributed by atoms with van der Waals surface area (Å²) >= 11 is 0. The molecular weight excluding hydrogens is 287 g/mol. The Hall–Kier alpha value is -2.05. The largest absolute Gasteiger partial charge is 0.469 e. The van der Waals surface area contributed by atoms with E-state index in [0.29, 0.717) is 0 Å². The van der Waals surface area contributed by atoms with E-state index in [-0.39, 0.29) is 12.1 Å². The molecule has 0 radical (unpaired) electrons. The molecule has 0 N–H and O–H groups in total. The normalized spacial score (nSPS) is 12.7. The van der Waals surface area contributed by atoms with Gasteiger partial charge >= 0.3 is 12.1 Å². The quantitative estimate of drug-likeness (QED) is 0.803. The maximum absolute atomic E-state index is 12.4. The summed E-state index contributed by atoms with van der Waals surface area (Å²) in [6, 6.07) is 3.94. The van der Waals surface area contributed by atoms with Gasteiger partial charge in [-0.3, -0.25) is 9.59 Å². The van der Waals surface area contributed by atoms with Crippen molar-refractivity contribution in [1.82, 2.24) is 4.90 Å². The van der Waals surface area contributed by atoms with Crippen LogP contribution in [0.3, 0.4) is 0 Å². The van der Waals surface area contributed by atoms with Gasteiger partial charge in [-0.25, -0.2) is 0 Å². The van der Waals surface area contributed by atoms with Crippen LogP contribution in [0, 0.1) is 5.92 Å². The Bertz CT molecular complexity index is 511. The van der Waals surface area contributed by atoms with Gasteiger partial charge in [0.15, 0.2) is 0 Å². The first-order chi connectivity index (χ1) is 9.66. The Morgan fingerprint density at radius 2 is 1.76 bits per heavy atom. The van der Waals surface area contributed by atoms with Crippen LogP contribution in [0.2, 0.25) is 0 Å². The van der Waals surface area contributed by atoms with Crippen molar-refractivity contribution >= 4 is 11.9 Å². The lowest BCUT2D eigenvalue weighted by Crippen LogP contribution is -2.34. The topological polar surface area (TPSA) is 46.6 Å². The van der Waals surface area contributed by atoms with Gasteiger partial charge < -0.3 is 9.64 Å². The Balaban J connectivity index is 2.77. The molecule has 0 heterocycles. The number of methoxy groups -OCH3 is 1. The first kappa shape index (κ1) is 17.0. The van der Waals surface area contributed by atoms with Gasteiger partial charge in [-0.05, 0) is 24.3 Å². The van der Waals surface area contributed by atoms with Crippen molar-refractivity contribution in [3.63, 3.8) is 0 Å². The van der Waals surface area contributed by atoms with E-state index in [1.54, 1.807) is 6.92 Å². The van der Waals surface area contributed by atoms with E-state index >= 15 is 0 Å². The summed E-state index contributed by atoms with van der Waals surface area (Å²) in [5.41, 5.74) is -0.688. The molecule has 0 saturated carbocycles. The Morgan fingerprint density at radius 3 is 2.19 bits per heavy atom. The fourth-order valence-electron chi connectivity index (χ4n) is 1.79. The number of esters is 1. The predicted molar refractivity (Wildman–Crippen MR) is 69.6 cm³/mol. The second-order valence-corrected chi connectivity index (χ2v) is 4.68. The first-order valence-corrected chi connectivity index (χ1v) is 6.17. The number of carbonyl (C=O) groups is 2. The fourth-order valence-corrected chi connectivity index (χ4v) is 1.79. The van der Waals surface area contributed by atoms with Crippen molar-refractivity contribution < 1.29 is 27.5 Å². The van der Waals surface area contributed by atoms with E-state index in [9.17, 15) is 22.8 Å². The number of carbonyl (C=O) groups excluding carboxylic acids is 2. The molecule has 4 nitrogen and oxygen atoms in total. The SMILES string of the molecule is COC(=O)C(C)CN(C)C(=O)c1ccc(C(F)(F)F)cc1. The Labute approximate surface area is 120 Å². The molecule has 21 heavy (non-hydrogen) atoms. The number of nitrogens with zero attached hydrogens (tertiary/aromatic N) is 1. The van der Waals surface area contributed by atoms with Gasteiger partial charge in [0, 0.05) is 19.2 Å². The molecule has 1 aromatic rings. The Kier molecular flexibility index (Phi) is 5.34. The third-order valence-electron chi connectivity index (χ3n) is 2.96. The van der Waals surface area contributed by atoms with Crippen molar-refractivity contribution in [3.05, 3.63) is 35.4 Å². The molecule has 0 aliphatic rings. The van der Waals surface area contributed by atoms with Crippen LogP contribution in [-0.2, 0) is 15.7 Å². The van der Waals surface area contributed by atoms with E-state index in [4.69, 9.17) is 0 Å². The molecule has 1 unspecified atom stereocenters. The maximum atomic E-state index is 12.4. The highest BCUT2D eigenvalue weighted by Crippen LogP contribution is 2.29. The molecule has 1 rings (SSSR count). The standard InChI is InChI=1S/C14H16F3NO3/c1-9(13(20)21-3)8-18(2)12(19)10-4-6-11(7-5-10)14(15,16)17/h4-7,9H,8H2,1-3H3. The molecule has 7 heteroatoms. The molecule has 1 atom stereocenters. The summed E-state index contributed by atoms with van der Waals surface area (Å²) in [6.07, 6.45) is -4.44. The van der Waals surface area contributed by atoms with Gasteiger partial charge in [0.05, 0.1) is 18.6 Å². The number of halogens is 3. The zero-order valence-corrected chi connectivity index (χ0v) is 11.9. The minimum absolute atomic E-state index is 0.118. The number of hydrogen-bond donors (Lipinski definition) is 0.